The second kappa shape index (κ2) is 7.07. The summed E-state index contributed by atoms with van der Waals surface area (Å²) in [6.45, 7) is 1.01. The number of nitrogens with one attached hydrogen (secondary N) is 1. The predicted molar refractivity (Wildman–Crippen MR) is 82.6 cm³/mol. The molecule has 0 unspecified atom stereocenters. The van der Waals surface area contributed by atoms with Crippen molar-refractivity contribution in [3.05, 3.63) is 62.8 Å². The second-order valence-corrected chi connectivity index (χ2v) is 5.58. The standard InChI is InChI=1S/C15H14BrClFNO/c1-19-8-10-2-5-15(13(16)6-10)20-9-11-7-12(18)3-4-14(11)17/h2-7,19H,8-9H2,1H3. The van der Waals surface area contributed by atoms with E-state index in [1.165, 1.54) is 18.2 Å². The molecule has 0 aliphatic carbocycles. The summed E-state index contributed by atoms with van der Waals surface area (Å²) in [6, 6.07) is 10.1. The number of halogens is 3. The molecule has 0 saturated heterocycles. The van der Waals surface area contributed by atoms with Crippen molar-refractivity contribution in [2.24, 2.45) is 0 Å². The summed E-state index contributed by atoms with van der Waals surface area (Å²) < 4.78 is 19.7. The Hall–Kier alpha value is -1.10. The summed E-state index contributed by atoms with van der Waals surface area (Å²) >= 11 is 9.47. The highest BCUT2D eigenvalue weighted by Crippen LogP contribution is 2.28. The third kappa shape index (κ3) is 3.95. The largest absolute Gasteiger partial charge is 0.488 e. The molecule has 0 aliphatic heterocycles. The number of ether oxygens (including phenoxy) is 1. The molecule has 0 saturated carbocycles. The van der Waals surface area contributed by atoms with Crippen LogP contribution in [0, 0.1) is 5.82 Å². The Labute approximate surface area is 131 Å². The van der Waals surface area contributed by atoms with Crippen LogP contribution in [-0.4, -0.2) is 7.05 Å². The quantitative estimate of drug-likeness (QED) is 0.847. The molecule has 2 aromatic rings. The molecule has 20 heavy (non-hydrogen) atoms. The van der Waals surface area contributed by atoms with E-state index in [1.807, 2.05) is 25.2 Å². The van der Waals surface area contributed by atoms with Crippen molar-refractivity contribution in [1.29, 1.82) is 0 Å². The fourth-order valence-corrected chi connectivity index (χ4v) is 2.50. The van der Waals surface area contributed by atoms with Gasteiger partial charge in [0, 0.05) is 17.1 Å². The fraction of sp³-hybridized carbons (Fsp3) is 0.200. The van der Waals surface area contributed by atoms with Gasteiger partial charge in [0.15, 0.2) is 0 Å². The summed E-state index contributed by atoms with van der Waals surface area (Å²) in [5, 5.41) is 3.58. The third-order valence-corrected chi connectivity index (χ3v) is 3.76. The smallest absolute Gasteiger partial charge is 0.134 e. The molecule has 0 aromatic heterocycles. The van der Waals surface area contributed by atoms with Gasteiger partial charge in [-0.05, 0) is 58.9 Å². The Kier molecular flexibility index (Phi) is 5.40. The maximum absolute atomic E-state index is 13.2. The summed E-state index contributed by atoms with van der Waals surface area (Å²) in [4.78, 5) is 0. The van der Waals surface area contributed by atoms with E-state index < -0.39 is 0 Å². The number of rotatable bonds is 5. The molecule has 5 heteroatoms. The number of hydrogen-bond acceptors (Lipinski definition) is 2. The van der Waals surface area contributed by atoms with Crippen LogP contribution in [0.3, 0.4) is 0 Å². The lowest BCUT2D eigenvalue weighted by Gasteiger charge is -2.11. The van der Waals surface area contributed by atoms with Gasteiger partial charge in [-0.15, -0.1) is 0 Å². The zero-order valence-electron chi connectivity index (χ0n) is 10.9. The summed E-state index contributed by atoms with van der Waals surface area (Å²) in [6.07, 6.45) is 0. The highest BCUT2D eigenvalue weighted by molar-refractivity contribution is 9.10. The van der Waals surface area contributed by atoms with Crippen LogP contribution in [0.25, 0.3) is 0 Å². The monoisotopic (exact) mass is 357 g/mol. The predicted octanol–water partition coefficient (Wildman–Crippen LogP) is 4.54. The zero-order chi connectivity index (χ0) is 14.5. The highest BCUT2D eigenvalue weighted by atomic mass is 79.9. The zero-order valence-corrected chi connectivity index (χ0v) is 13.3. The van der Waals surface area contributed by atoms with E-state index in [4.69, 9.17) is 16.3 Å². The van der Waals surface area contributed by atoms with E-state index in [1.54, 1.807) is 0 Å². The van der Waals surface area contributed by atoms with Crippen molar-refractivity contribution >= 4 is 27.5 Å². The average molecular weight is 359 g/mol. The van der Waals surface area contributed by atoms with E-state index in [0.29, 0.717) is 16.3 Å². The maximum Gasteiger partial charge on any atom is 0.134 e. The van der Waals surface area contributed by atoms with E-state index in [9.17, 15) is 4.39 Å². The SMILES string of the molecule is CNCc1ccc(OCc2cc(F)ccc2Cl)c(Br)c1. The molecule has 2 nitrogen and oxygen atoms in total. The van der Waals surface area contributed by atoms with Gasteiger partial charge in [0.1, 0.15) is 18.2 Å². The van der Waals surface area contributed by atoms with Gasteiger partial charge in [-0.25, -0.2) is 4.39 Å². The average Bonchev–Trinajstić information content (AvgIpc) is 2.42. The highest BCUT2D eigenvalue weighted by Gasteiger charge is 2.06. The molecule has 1 N–H and O–H groups in total. The molecular formula is C15H14BrClFNO. The van der Waals surface area contributed by atoms with Crippen molar-refractivity contribution in [2.45, 2.75) is 13.2 Å². The van der Waals surface area contributed by atoms with Gasteiger partial charge < -0.3 is 10.1 Å². The van der Waals surface area contributed by atoms with Gasteiger partial charge in [0.05, 0.1) is 4.47 Å². The Bertz CT molecular complexity index is 606. The summed E-state index contributed by atoms with van der Waals surface area (Å²) in [5.41, 5.74) is 1.77. The van der Waals surface area contributed by atoms with Crippen molar-refractivity contribution < 1.29 is 9.13 Å². The Morgan fingerprint density at radius 2 is 2.05 bits per heavy atom. The minimum absolute atomic E-state index is 0.223. The first-order valence-corrected chi connectivity index (χ1v) is 7.27. The lowest BCUT2D eigenvalue weighted by atomic mass is 10.2. The number of benzene rings is 2. The molecule has 2 rings (SSSR count). The first-order valence-electron chi connectivity index (χ1n) is 6.10. The molecule has 106 valence electrons. The van der Waals surface area contributed by atoms with Crippen molar-refractivity contribution in [1.82, 2.24) is 5.32 Å². The van der Waals surface area contributed by atoms with Gasteiger partial charge >= 0.3 is 0 Å². The van der Waals surface area contributed by atoms with Crippen molar-refractivity contribution in [3.63, 3.8) is 0 Å². The lowest BCUT2D eigenvalue weighted by Crippen LogP contribution is -2.05. The van der Waals surface area contributed by atoms with Crippen LogP contribution in [0.15, 0.2) is 40.9 Å². The number of hydrogen-bond donors (Lipinski definition) is 1. The van der Waals surface area contributed by atoms with E-state index >= 15 is 0 Å². The van der Waals surface area contributed by atoms with Gasteiger partial charge in [0.25, 0.3) is 0 Å². The molecule has 0 fully saturated rings. The molecule has 0 bridgehead atoms. The molecule has 0 heterocycles. The van der Waals surface area contributed by atoms with Gasteiger partial charge in [-0.1, -0.05) is 17.7 Å². The molecule has 0 aliphatic rings. The van der Waals surface area contributed by atoms with Crippen LogP contribution in [-0.2, 0) is 13.2 Å². The van der Waals surface area contributed by atoms with Crippen LogP contribution in [0.4, 0.5) is 4.39 Å². The Balaban J connectivity index is 2.09. The topological polar surface area (TPSA) is 21.3 Å². The second-order valence-electron chi connectivity index (χ2n) is 4.32. The van der Waals surface area contributed by atoms with Crippen molar-refractivity contribution in [2.75, 3.05) is 7.05 Å². The Morgan fingerprint density at radius 1 is 1.25 bits per heavy atom. The third-order valence-electron chi connectivity index (χ3n) is 2.77. The summed E-state index contributed by atoms with van der Waals surface area (Å²) in [7, 11) is 1.89. The van der Waals surface area contributed by atoms with Crippen LogP contribution < -0.4 is 10.1 Å². The lowest BCUT2D eigenvalue weighted by molar-refractivity contribution is 0.303. The van der Waals surface area contributed by atoms with E-state index in [-0.39, 0.29) is 12.4 Å². The molecule has 0 atom stereocenters. The fourth-order valence-electron chi connectivity index (χ4n) is 1.78. The van der Waals surface area contributed by atoms with E-state index in [2.05, 4.69) is 21.2 Å². The van der Waals surface area contributed by atoms with Crippen LogP contribution >= 0.6 is 27.5 Å². The first kappa shape index (κ1) is 15.3. The van der Waals surface area contributed by atoms with Crippen molar-refractivity contribution in [3.8, 4) is 5.75 Å². The van der Waals surface area contributed by atoms with Crippen LogP contribution in [0.5, 0.6) is 5.75 Å². The minimum Gasteiger partial charge on any atom is -0.488 e. The molecular weight excluding hydrogens is 345 g/mol. The Morgan fingerprint density at radius 3 is 2.75 bits per heavy atom. The van der Waals surface area contributed by atoms with Gasteiger partial charge in [0.2, 0.25) is 0 Å². The maximum atomic E-state index is 13.2. The first-order chi connectivity index (χ1) is 9.60. The van der Waals surface area contributed by atoms with Gasteiger partial charge in [-0.3, -0.25) is 0 Å². The van der Waals surface area contributed by atoms with Crippen LogP contribution in [0.2, 0.25) is 5.02 Å². The van der Waals surface area contributed by atoms with Gasteiger partial charge in [-0.2, -0.15) is 0 Å². The summed E-state index contributed by atoms with van der Waals surface area (Å²) in [5.74, 6) is 0.376. The van der Waals surface area contributed by atoms with E-state index in [0.717, 1.165) is 16.6 Å². The molecule has 2 aromatic carbocycles. The molecule has 0 spiro atoms. The molecule has 0 amide bonds. The minimum atomic E-state index is -0.323. The van der Waals surface area contributed by atoms with Crippen LogP contribution in [0.1, 0.15) is 11.1 Å². The molecule has 0 radical (unpaired) electrons. The normalized spacial score (nSPS) is 10.6.